The number of ketones is 1. The van der Waals surface area contributed by atoms with Crippen molar-refractivity contribution < 1.29 is 14.3 Å². The summed E-state index contributed by atoms with van der Waals surface area (Å²) >= 11 is 0. The summed E-state index contributed by atoms with van der Waals surface area (Å²) in [5.74, 6) is -1.16. The van der Waals surface area contributed by atoms with Gasteiger partial charge in [0.15, 0.2) is 0 Å². The van der Waals surface area contributed by atoms with Crippen LogP contribution in [0.1, 0.15) is 25.3 Å². The number of ether oxygens (including phenoxy) is 1. The van der Waals surface area contributed by atoms with Gasteiger partial charge in [-0.25, -0.2) is 4.79 Å². The zero-order chi connectivity index (χ0) is 11.8. The molecule has 0 saturated carbocycles. The largest absolute Gasteiger partial charge is 0.460 e. The fraction of sp³-hybridized carbons (Fsp3) is 0.385. The van der Waals surface area contributed by atoms with Crippen LogP contribution in [0, 0.1) is 0 Å². The molecule has 16 heavy (non-hydrogen) atoms. The van der Waals surface area contributed by atoms with Gasteiger partial charge in [-0.05, 0) is 18.4 Å². The summed E-state index contributed by atoms with van der Waals surface area (Å²) < 4.78 is 4.75. The lowest BCUT2D eigenvalue weighted by atomic mass is 10.1. The summed E-state index contributed by atoms with van der Waals surface area (Å²) in [5, 5.41) is 0. The molecule has 86 valence electrons. The van der Waals surface area contributed by atoms with E-state index in [1.807, 2.05) is 37.3 Å². The molecule has 1 aromatic rings. The Morgan fingerprint density at radius 1 is 1.19 bits per heavy atom. The summed E-state index contributed by atoms with van der Waals surface area (Å²) in [5.41, 5.74) is 1.05. The number of rotatable bonds is 6. The third-order valence-electron chi connectivity index (χ3n) is 2.15. The van der Waals surface area contributed by atoms with E-state index in [1.54, 1.807) is 0 Å². The lowest BCUT2D eigenvalue weighted by Crippen LogP contribution is -2.18. The predicted molar refractivity (Wildman–Crippen MR) is 61.0 cm³/mol. The highest BCUT2D eigenvalue weighted by atomic mass is 16.5. The van der Waals surface area contributed by atoms with E-state index in [4.69, 9.17) is 4.74 Å². The molecular formula is C13H16O3. The van der Waals surface area contributed by atoms with Crippen molar-refractivity contribution >= 4 is 11.8 Å². The minimum atomic E-state index is -0.710. The molecule has 1 rings (SSSR count). The molecule has 0 heterocycles. The second kappa shape index (κ2) is 6.77. The Labute approximate surface area is 95.4 Å². The molecule has 0 bridgehead atoms. The number of hydrogen-bond donors (Lipinski definition) is 0. The first-order valence-corrected chi connectivity index (χ1v) is 5.48. The molecular weight excluding hydrogens is 204 g/mol. The van der Waals surface area contributed by atoms with Gasteiger partial charge in [0, 0.05) is 6.42 Å². The molecule has 3 nitrogen and oxygen atoms in total. The van der Waals surface area contributed by atoms with E-state index in [-0.39, 0.29) is 6.42 Å². The van der Waals surface area contributed by atoms with E-state index in [0.717, 1.165) is 12.0 Å². The van der Waals surface area contributed by atoms with Crippen LogP contribution in [0.5, 0.6) is 0 Å². The van der Waals surface area contributed by atoms with Crippen molar-refractivity contribution in [3.05, 3.63) is 35.9 Å². The normalized spacial score (nSPS) is 9.81. The van der Waals surface area contributed by atoms with Crippen molar-refractivity contribution in [1.82, 2.24) is 0 Å². The first-order chi connectivity index (χ1) is 7.74. The average Bonchev–Trinajstić information content (AvgIpc) is 2.34. The minimum absolute atomic E-state index is 0.215. The molecule has 0 atom stereocenters. The zero-order valence-corrected chi connectivity index (χ0v) is 9.44. The van der Waals surface area contributed by atoms with Crippen molar-refractivity contribution in [2.24, 2.45) is 0 Å². The molecule has 0 aliphatic heterocycles. The lowest BCUT2D eigenvalue weighted by molar-refractivity contribution is -0.153. The monoisotopic (exact) mass is 220 g/mol. The Morgan fingerprint density at radius 3 is 2.50 bits per heavy atom. The topological polar surface area (TPSA) is 43.4 Å². The van der Waals surface area contributed by atoms with Crippen molar-refractivity contribution in [2.45, 2.75) is 26.2 Å². The molecule has 0 fully saturated rings. The Morgan fingerprint density at radius 2 is 1.88 bits per heavy atom. The Balaban J connectivity index is 2.32. The molecule has 0 aliphatic carbocycles. The van der Waals surface area contributed by atoms with Gasteiger partial charge in [0.2, 0.25) is 5.78 Å². The lowest BCUT2D eigenvalue weighted by Gasteiger charge is -2.02. The van der Waals surface area contributed by atoms with Gasteiger partial charge in [-0.3, -0.25) is 4.79 Å². The third-order valence-corrected chi connectivity index (χ3v) is 2.15. The maximum absolute atomic E-state index is 11.3. The number of Topliss-reactive ketones (excluding diaryl/α,β-unsaturated/α-hetero) is 1. The van der Waals surface area contributed by atoms with Crippen molar-refractivity contribution in [1.29, 1.82) is 0 Å². The molecule has 1 aromatic carbocycles. The van der Waals surface area contributed by atoms with Gasteiger partial charge in [0.1, 0.15) is 0 Å². The molecule has 0 spiro atoms. The predicted octanol–water partition coefficient (Wildman–Crippen LogP) is 2.14. The summed E-state index contributed by atoms with van der Waals surface area (Å²) in [6, 6.07) is 9.61. The van der Waals surface area contributed by atoms with E-state index in [9.17, 15) is 9.59 Å². The maximum Gasteiger partial charge on any atom is 0.374 e. The second-order valence-electron chi connectivity index (χ2n) is 3.54. The SMILES string of the molecule is CCCOC(=O)C(=O)CCc1ccccc1. The summed E-state index contributed by atoms with van der Waals surface area (Å²) in [7, 11) is 0. The Hall–Kier alpha value is -1.64. The van der Waals surface area contributed by atoms with Crippen LogP contribution in [-0.2, 0) is 20.7 Å². The van der Waals surface area contributed by atoms with Crippen molar-refractivity contribution in [2.75, 3.05) is 6.61 Å². The van der Waals surface area contributed by atoms with E-state index in [1.165, 1.54) is 0 Å². The standard InChI is InChI=1S/C13H16O3/c1-2-10-16-13(15)12(14)9-8-11-6-4-3-5-7-11/h3-7H,2,8-10H2,1H3. The first-order valence-electron chi connectivity index (χ1n) is 5.48. The van der Waals surface area contributed by atoms with E-state index < -0.39 is 11.8 Å². The van der Waals surface area contributed by atoms with E-state index in [0.29, 0.717) is 13.0 Å². The molecule has 0 N–H and O–H groups in total. The number of benzene rings is 1. The number of aryl methyl sites for hydroxylation is 1. The van der Waals surface area contributed by atoms with E-state index >= 15 is 0 Å². The second-order valence-corrected chi connectivity index (χ2v) is 3.54. The molecule has 0 saturated heterocycles. The van der Waals surface area contributed by atoms with Gasteiger partial charge in [-0.15, -0.1) is 0 Å². The highest BCUT2D eigenvalue weighted by Crippen LogP contribution is 2.03. The van der Waals surface area contributed by atoms with Crippen molar-refractivity contribution in [3.63, 3.8) is 0 Å². The molecule has 0 amide bonds. The fourth-order valence-corrected chi connectivity index (χ4v) is 1.28. The van der Waals surface area contributed by atoms with Crippen LogP contribution in [0.2, 0.25) is 0 Å². The molecule has 3 heteroatoms. The minimum Gasteiger partial charge on any atom is -0.460 e. The summed E-state index contributed by atoms with van der Waals surface area (Å²) in [6.07, 6.45) is 1.53. The molecule has 0 unspecified atom stereocenters. The van der Waals surface area contributed by atoms with Crippen molar-refractivity contribution in [3.8, 4) is 0 Å². The fourth-order valence-electron chi connectivity index (χ4n) is 1.28. The van der Waals surface area contributed by atoms with Gasteiger partial charge in [-0.1, -0.05) is 37.3 Å². The smallest absolute Gasteiger partial charge is 0.374 e. The van der Waals surface area contributed by atoms with Gasteiger partial charge in [0.25, 0.3) is 0 Å². The molecule has 0 aromatic heterocycles. The first kappa shape index (κ1) is 12.4. The summed E-state index contributed by atoms with van der Waals surface area (Å²) in [6.45, 7) is 2.21. The number of carbonyl (C=O) groups excluding carboxylic acids is 2. The van der Waals surface area contributed by atoms with Crippen LogP contribution in [0.3, 0.4) is 0 Å². The Bertz CT molecular complexity index is 343. The number of hydrogen-bond acceptors (Lipinski definition) is 3. The van der Waals surface area contributed by atoms with Gasteiger partial charge in [0.05, 0.1) is 6.61 Å². The highest BCUT2D eigenvalue weighted by molar-refractivity contribution is 6.33. The van der Waals surface area contributed by atoms with Crippen LogP contribution < -0.4 is 0 Å². The van der Waals surface area contributed by atoms with E-state index in [2.05, 4.69) is 0 Å². The summed E-state index contributed by atoms with van der Waals surface area (Å²) in [4.78, 5) is 22.5. The molecule has 0 radical (unpaired) electrons. The molecule has 0 aliphatic rings. The third kappa shape index (κ3) is 4.26. The quantitative estimate of drug-likeness (QED) is 0.545. The van der Waals surface area contributed by atoms with Crippen LogP contribution in [0.4, 0.5) is 0 Å². The van der Waals surface area contributed by atoms with Crippen LogP contribution in [0.25, 0.3) is 0 Å². The highest BCUT2D eigenvalue weighted by Gasteiger charge is 2.14. The number of carbonyl (C=O) groups is 2. The average molecular weight is 220 g/mol. The van der Waals surface area contributed by atoms with Gasteiger partial charge in [-0.2, -0.15) is 0 Å². The maximum atomic E-state index is 11.3. The van der Waals surface area contributed by atoms with Gasteiger partial charge < -0.3 is 4.74 Å². The van der Waals surface area contributed by atoms with Gasteiger partial charge >= 0.3 is 5.97 Å². The Kier molecular flexibility index (Phi) is 5.26. The number of esters is 1. The van der Waals surface area contributed by atoms with Crippen LogP contribution >= 0.6 is 0 Å². The van der Waals surface area contributed by atoms with Crippen LogP contribution in [-0.4, -0.2) is 18.4 Å². The zero-order valence-electron chi connectivity index (χ0n) is 9.44. The van der Waals surface area contributed by atoms with Crippen LogP contribution in [0.15, 0.2) is 30.3 Å².